The van der Waals surface area contributed by atoms with E-state index < -0.39 is 0 Å². The lowest BCUT2D eigenvalue weighted by molar-refractivity contribution is 0.442. The molecule has 0 aliphatic heterocycles. The maximum atomic E-state index is 5.56. The van der Waals surface area contributed by atoms with E-state index in [-0.39, 0.29) is 0 Å². The maximum absolute atomic E-state index is 5.56. The maximum Gasteiger partial charge on any atom is 0.173 e. The molecular formula is C17H21N3S. The lowest BCUT2D eigenvalue weighted by Crippen LogP contribution is -2.34. The minimum atomic E-state index is 0.753. The normalized spacial score (nSPS) is 10.2. The van der Waals surface area contributed by atoms with Gasteiger partial charge in [0.25, 0.3) is 0 Å². The van der Waals surface area contributed by atoms with Crippen LogP contribution in [-0.2, 0) is 6.54 Å². The lowest BCUT2D eigenvalue weighted by atomic mass is 10.1. The molecule has 4 heteroatoms. The van der Waals surface area contributed by atoms with E-state index in [1.165, 1.54) is 16.7 Å². The largest absolute Gasteiger partial charge is 0.345 e. The van der Waals surface area contributed by atoms with Crippen molar-refractivity contribution in [2.75, 3.05) is 11.9 Å². The molecule has 0 radical (unpaired) electrons. The molecule has 1 aromatic heterocycles. The van der Waals surface area contributed by atoms with Crippen LogP contribution in [0, 0.1) is 13.8 Å². The van der Waals surface area contributed by atoms with Gasteiger partial charge >= 0.3 is 0 Å². The fourth-order valence-corrected chi connectivity index (χ4v) is 2.40. The summed E-state index contributed by atoms with van der Waals surface area (Å²) in [6, 6.07) is 10.4. The zero-order valence-corrected chi connectivity index (χ0v) is 13.6. The molecule has 0 spiro atoms. The average molecular weight is 299 g/mol. The van der Waals surface area contributed by atoms with Gasteiger partial charge in [0.15, 0.2) is 5.11 Å². The van der Waals surface area contributed by atoms with Gasteiger partial charge in [0.1, 0.15) is 0 Å². The molecule has 1 heterocycles. The Bertz CT molecular complexity index is 611. The van der Waals surface area contributed by atoms with E-state index in [4.69, 9.17) is 12.2 Å². The van der Waals surface area contributed by atoms with Crippen LogP contribution in [0.5, 0.6) is 0 Å². The number of thiocarbonyl (C=S) groups is 1. The number of pyridine rings is 1. The van der Waals surface area contributed by atoms with E-state index >= 15 is 0 Å². The molecule has 0 atom stereocenters. The van der Waals surface area contributed by atoms with Crippen LogP contribution in [-0.4, -0.2) is 21.5 Å². The van der Waals surface area contributed by atoms with Gasteiger partial charge in [-0.25, -0.2) is 0 Å². The summed E-state index contributed by atoms with van der Waals surface area (Å²) in [6.45, 7) is 7.93. The number of rotatable bonds is 4. The average Bonchev–Trinajstić information content (AvgIpc) is 2.49. The predicted molar refractivity (Wildman–Crippen MR) is 92.5 cm³/mol. The topological polar surface area (TPSA) is 28.2 Å². The molecule has 110 valence electrons. The molecule has 0 aliphatic carbocycles. The molecule has 0 saturated heterocycles. The summed E-state index contributed by atoms with van der Waals surface area (Å²) in [5.74, 6) is 0. The van der Waals surface area contributed by atoms with Crippen molar-refractivity contribution in [3.63, 3.8) is 0 Å². The minimum absolute atomic E-state index is 0.753. The summed E-state index contributed by atoms with van der Waals surface area (Å²) in [6.07, 6.45) is 3.62. The Morgan fingerprint density at radius 1 is 1.19 bits per heavy atom. The van der Waals surface area contributed by atoms with Crippen LogP contribution in [0.1, 0.15) is 23.6 Å². The van der Waals surface area contributed by atoms with Gasteiger partial charge in [-0.3, -0.25) is 4.98 Å². The van der Waals surface area contributed by atoms with Crippen molar-refractivity contribution in [1.29, 1.82) is 0 Å². The Morgan fingerprint density at radius 2 is 1.90 bits per heavy atom. The van der Waals surface area contributed by atoms with Crippen molar-refractivity contribution in [1.82, 2.24) is 9.88 Å². The Balaban J connectivity index is 2.08. The standard InChI is InChI=1S/C17H21N3S/c1-4-20(12-15-7-9-18-10-8-15)17(21)19-16-11-13(2)5-6-14(16)3/h5-11H,4,12H2,1-3H3,(H,19,21). The zero-order chi connectivity index (χ0) is 15.2. The number of hydrogen-bond donors (Lipinski definition) is 1. The van der Waals surface area contributed by atoms with Gasteiger partial charge in [0, 0.05) is 31.2 Å². The number of benzene rings is 1. The van der Waals surface area contributed by atoms with Gasteiger partial charge < -0.3 is 10.2 Å². The molecule has 1 N–H and O–H groups in total. The van der Waals surface area contributed by atoms with Crippen molar-refractivity contribution < 1.29 is 0 Å². The number of nitrogens with one attached hydrogen (secondary N) is 1. The number of aromatic nitrogens is 1. The molecule has 21 heavy (non-hydrogen) atoms. The SMILES string of the molecule is CCN(Cc1ccncc1)C(=S)Nc1cc(C)ccc1C. The predicted octanol–water partition coefficient (Wildman–Crippen LogP) is 3.92. The van der Waals surface area contributed by atoms with Gasteiger partial charge in [-0.05, 0) is 67.9 Å². The number of aryl methyl sites for hydroxylation is 2. The third kappa shape index (κ3) is 4.26. The lowest BCUT2D eigenvalue weighted by Gasteiger charge is -2.25. The number of anilines is 1. The quantitative estimate of drug-likeness (QED) is 0.866. The fourth-order valence-electron chi connectivity index (χ4n) is 2.10. The second kappa shape index (κ2) is 7.18. The van der Waals surface area contributed by atoms with Crippen LogP contribution in [0.4, 0.5) is 5.69 Å². The summed E-state index contributed by atoms with van der Waals surface area (Å²) in [5, 5.41) is 4.12. The number of nitrogens with zero attached hydrogens (tertiary/aromatic N) is 2. The number of hydrogen-bond acceptors (Lipinski definition) is 2. The van der Waals surface area contributed by atoms with Crippen LogP contribution in [0.3, 0.4) is 0 Å². The molecular weight excluding hydrogens is 278 g/mol. The molecule has 3 nitrogen and oxygen atoms in total. The van der Waals surface area contributed by atoms with Crippen molar-refractivity contribution in [2.24, 2.45) is 0 Å². The van der Waals surface area contributed by atoms with Gasteiger partial charge in [-0.2, -0.15) is 0 Å². The highest BCUT2D eigenvalue weighted by molar-refractivity contribution is 7.80. The van der Waals surface area contributed by atoms with Crippen LogP contribution in [0.2, 0.25) is 0 Å². The van der Waals surface area contributed by atoms with Crippen LogP contribution < -0.4 is 5.32 Å². The highest BCUT2D eigenvalue weighted by Gasteiger charge is 2.09. The van der Waals surface area contributed by atoms with E-state index in [0.29, 0.717) is 0 Å². The molecule has 2 rings (SSSR count). The second-order valence-electron chi connectivity index (χ2n) is 5.12. The summed E-state index contributed by atoms with van der Waals surface area (Å²) < 4.78 is 0. The first-order valence-corrected chi connectivity index (χ1v) is 7.53. The molecule has 1 aromatic carbocycles. The van der Waals surface area contributed by atoms with E-state index in [0.717, 1.165) is 23.9 Å². The van der Waals surface area contributed by atoms with Crippen molar-refractivity contribution in [3.8, 4) is 0 Å². The van der Waals surface area contributed by atoms with Crippen LogP contribution >= 0.6 is 12.2 Å². The van der Waals surface area contributed by atoms with E-state index in [1.807, 2.05) is 24.5 Å². The van der Waals surface area contributed by atoms with E-state index in [2.05, 4.69) is 54.2 Å². The second-order valence-corrected chi connectivity index (χ2v) is 5.50. The Kier molecular flexibility index (Phi) is 5.28. The summed E-state index contributed by atoms with van der Waals surface area (Å²) in [4.78, 5) is 6.19. The molecule has 0 fully saturated rings. The summed E-state index contributed by atoms with van der Waals surface area (Å²) >= 11 is 5.56. The van der Waals surface area contributed by atoms with Crippen molar-refractivity contribution in [2.45, 2.75) is 27.3 Å². The summed E-state index contributed by atoms with van der Waals surface area (Å²) in [5.41, 5.74) is 4.70. The third-order valence-electron chi connectivity index (χ3n) is 3.43. The molecule has 0 aliphatic rings. The van der Waals surface area contributed by atoms with Gasteiger partial charge in [-0.1, -0.05) is 12.1 Å². The van der Waals surface area contributed by atoms with Gasteiger partial charge in [0.2, 0.25) is 0 Å². The first-order chi connectivity index (χ1) is 10.1. The molecule has 2 aromatic rings. The Morgan fingerprint density at radius 3 is 2.57 bits per heavy atom. The molecule has 0 saturated carbocycles. The van der Waals surface area contributed by atoms with Gasteiger partial charge in [0.05, 0.1) is 0 Å². The van der Waals surface area contributed by atoms with Crippen LogP contribution in [0.25, 0.3) is 0 Å². The molecule has 0 bridgehead atoms. The smallest absolute Gasteiger partial charge is 0.173 e. The zero-order valence-electron chi connectivity index (χ0n) is 12.8. The Labute approximate surface area is 132 Å². The van der Waals surface area contributed by atoms with Gasteiger partial charge in [-0.15, -0.1) is 0 Å². The highest BCUT2D eigenvalue weighted by Crippen LogP contribution is 2.17. The van der Waals surface area contributed by atoms with E-state index in [9.17, 15) is 0 Å². The van der Waals surface area contributed by atoms with Crippen molar-refractivity contribution >= 4 is 23.0 Å². The monoisotopic (exact) mass is 299 g/mol. The summed E-state index contributed by atoms with van der Waals surface area (Å²) in [7, 11) is 0. The minimum Gasteiger partial charge on any atom is -0.345 e. The van der Waals surface area contributed by atoms with Crippen molar-refractivity contribution in [3.05, 3.63) is 59.4 Å². The first-order valence-electron chi connectivity index (χ1n) is 7.12. The first kappa shape index (κ1) is 15.4. The highest BCUT2D eigenvalue weighted by atomic mass is 32.1. The fraction of sp³-hybridized carbons (Fsp3) is 0.294. The molecule has 0 amide bonds. The van der Waals surface area contributed by atoms with Crippen LogP contribution in [0.15, 0.2) is 42.7 Å². The molecule has 0 unspecified atom stereocenters. The third-order valence-corrected chi connectivity index (χ3v) is 3.79. The Hall–Kier alpha value is -1.94. The van der Waals surface area contributed by atoms with E-state index in [1.54, 1.807) is 0 Å².